The van der Waals surface area contributed by atoms with Gasteiger partial charge in [0, 0.05) is 10.8 Å². The summed E-state index contributed by atoms with van der Waals surface area (Å²) in [6, 6.07) is 15.0. The highest BCUT2D eigenvalue weighted by molar-refractivity contribution is 7.98. The molecule has 0 spiro atoms. The van der Waals surface area contributed by atoms with Crippen LogP contribution in [0.1, 0.15) is 11.1 Å². The van der Waals surface area contributed by atoms with E-state index in [0.29, 0.717) is 21.6 Å². The fourth-order valence-electron chi connectivity index (χ4n) is 1.82. The van der Waals surface area contributed by atoms with Gasteiger partial charge in [-0.1, -0.05) is 35.5 Å². The molecule has 1 aromatic heterocycles. The van der Waals surface area contributed by atoms with E-state index in [0.717, 1.165) is 16.7 Å². The van der Waals surface area contributed by atoms with E-state index in [2.05, 4.69) is 11.1 Å². The third-order valence-corrected chi connectivity index (χ3v) is 3.88. The molecular formula is C15H9ClN2OS. The summed E-state index contributed by atoms with van der Waals surface area (Å²) in [6.07, 6.45) is 0. The first-order valence-electron chi connectivity index (χ1n) is 5.92. The Morgan fingerprint density at radius 3 is 3.00 bits per heavy atom. The van der Waals surface area contributed by atoms with Gasteiger partial charge in [-0.2, -0.15) is 5.26 Å². The van der Waals surface area contributed by atoms with Gasteiger partial charge in [-0.3, -0.25) is 0 Å². The van der Waals surface area contributed by atoms with Crippen molar-refractivity contribution < 1.29 is 4.42 Å². The van der Waals surface area contributed by atoms with Crippen LogP contribution in [0, 0.1) is 11.3 Å². The zero-order valence-corrected chi connectivity index (χ0v) is 11.9. The molecule has 0 atom stereocenters. The van der Waals surface area contributed by atoms with Gasteiger partial charge in [-0.05, 0) is 35.9 Å². The fourth-order valence-corrected chi connectivity index (χ4v) is 2.76. The van der Waals surface area contributed by atoms with E-state index in [1.165, 1.54) is 11.8 Å². The van der Waals surface area contributed by atoms with Gasteiger partial charge in [0.25, 0.3) is 5.22 Å². The molecule has 0 fully saturated rings. The fraction of sp³-hybridized carbons (Fsp3) is 0.0667. The predicted octanol–water partition coefficient (Wildman–Crippen LogP) is 4.65. The highest BCUT2D eigenvalue weighted by atomic mass is 35.5. The Morgan fingerprint density at radius 2 is 2.15 bits per heavy atom. The van der Waals surface area contributed by atoms with Crippen LogP contribution >= 0.6 is 23.4 Å². The molecule has 0 amide bonds. The van der Waals surface area contributed by atoms with Crippen molar-refractivity contribution >= 4 is 34.5 Å². The molecule has 0 radical (unpaired) electrons. The highest BCUT2D eigenvalue weighted by Gasteiger charge is 2.07. The smallest absolute Gasteiger partial charge is 0.257 e. The van der Waals surface area contributed by atoms with Crippen molar-refractivity contribution in [2.45, 2.75) is 11.0 Å². The second-order valence-electron chi connectivity index (χ2n) is 4.19. The maximum atomic E-state index is 8.87. The first kappa shape index (κ1) is 13.0. The maximum absolute atomic E-state index is 8.87. The van der Waals surface area contributed by atoms with Crippen molar-refractivity contribution in [1.82, 2.24) is 4.98 Å². The second kappa shape index (κ2) is 5.58. The summed E-state index contributed by atoms with van der Waals surface area (Å²) < 4.78 is 5.63. The van der Waals surface area contributed by atoms with Crippen molar-refractivity contribution in [3.8, 4) is 6.07 Å². The molecule has 1 heterocycles. The molecule has 0 aliphatic heterocycles. The summed E-state index contributed by atoms with van der Waals surface area (Å²) in [7, 11) is 0. The number of thioether (sulfide) groups is 1. The zero-order valence-electron chi connectivity index (χ0n) is 10.3. The van der Waals surface area contributed by atoms with E-state index in [4.69, 9.17) is 21.3 Å². The molecule has 0 aliphatic carbocycles. The third-order valence-electron chi connectivity index (χ3n) is 2.75. The molecule has 0 bridgehead atoms. The van der Waals surface area contributed by atoms with Crippen LogP contribution in [0.25, 0.3) is 11.1 Å². The van der Waals surface area contributed by atoms with E-state index in [-0.39, 0.29) is 0 Å². The van der Waals surface area contributed by atoms with Gasteiger partial charge in [0.1, 0.15) is 5.52 Å². The SMILES string of the molecule is N#Cc1cccc(CSc2nc3cc(Cl)ccc3o2)c1. The summed E-state index contributed by atoms with van der Waals surface area (Å²) in [4.78, 5) is 4.38. The Bertz CT molecular complexity index is 807. The number of hydrogen-bond donors (Lipinski definition) is 0. The topological polar surface area (TPSA) is 49.8 Å². The maximum Gasteiger partial charge on any atom is 0.257 e. The second-order valence-corrected chi connectivity index (χ2v) is 5.56. The number of benzene rings is 2. The molecule has 0 saturated carbocycles. The Morgan fingerprint density at radius 1 is 1.25 bits per heavy atom. The number of nitriles is 1. The van der Waals surface area contributed by atoms with Crippen LogP contribution in [0.2, 0.25) is 5.02 Å². The highest BCUT2D eigenvalue weighted by Crippen LogP contribution is 2.27. The van der Waals surface area contributed by atoms with E-state index in [1.807, 2.05) is 24.3 Å². The van der Waals surface area contributed by atoms with E-state index < -0.39 is 0 Å². The molecule has 0 aliphatic rings. The van der Waals surface area contributed by atoms with Gasteiger partial charge in [0.05, 0.1) is 11.6 Å². The zero-order chi connectivity index (χ0) is 13.9. The number of fused-ring (bicyclic) bond motifs is 1. The number of oxazole rings is 1. The molecule has 0 N–H and O–H groups in total. The Kier molecular flexibility index (Phi) is 3.64. The molecule has 98 valence electrons. The van der Waals surface area contributed by atoms with E-state index in [1.54, 1.807) is 18.2 Å². The molecule has 0 saturated heterocycles. The van der Waals surface area contributed by atoms with Gasteiger partial charge in [0.15, 0.2) is 5.58 Å². The van der Waals surface area contributed by atoms with Crippen molar-refractivity contribution in [3.63, 3.8) is 0 Å². The lowest BCUT2D eigenvalue weighted by atomic mass is 10.2. The molecule has 3 rings (SSSR count). The van der Waals surface area contributed by atoms with Gasteiger partial charge in [-0.15, -0.1) is 0 Å². The Balaban J connectivity index is 1.78. The average Bonchev–Trinajstić information content (AvgIpc) is 2.87. The number of hydrogen-bond acceptors (Lipinski definition) is 4. The summed E-state index contributed by atoms with van der Waals surface area (Å²) in [6.45, 7) is 0. The molecule has 0 unspecified atom stereocenters. The average molecular weight is 301 g/mol. The summed E-state index contributed by atoms with van der Waals surface area (Å²) in [5, 5.41) is 10.1. The van der Waals surface area contributed by atoms with Crippen molar-refractivity contribution in [2.24, 2.45) is 0 Å². The van der Waals surface area contributed by atoms with Crippen LogP contribution in [0.3, 0.4) is 0 Å². The first-order chi connectivity index (χ1) is 9.74. The largest absolute Gasteiger partial charge is 0.431 e. The van der Waals surface area contributed by atoms with Gasteiger partial charge < -0.3 is 4.42 Å². The van der Waals surface area contributed by atoms with Crippen LogP contribution < -0.4 is 0 Å². The van der Waals surface area contributed by atoms with Crippen molar-refractivity contribution in [1.29, 1.82) is 5.26 Å². The molecule has 3 aromatic rings. The van der Waals surface area contributed by atoms with E-state index >= 15 is 0 Å². The minimum Gasteiger partial charge on any atom is -0.431 e. The van der Waals surface area contributed by atoms with Crippen LogP contribution in [0.5, 0.6) is 0 Å². The number of halogens is 1. The molecular weight excluding hydrogens is 292 g/mol. The monoisotopic (exact) mass is 300 g/mol. The number of aromatic nitrogens is 1. The van der Waals surface area contributed by atoms with Crippen LogP contribution in [0.15, 0.2) is 52.1 Å². The lowest BCUT2D eigenvalue weighted by Gasteiger charge is -1.98. The number of nitrogens with zero attached hydrogens (tertiary/aromatic N) is 2. The third kappa shape index (κ3) is 2.79. The molecule has 2 aromatic carbocycles. The molecule has 5 heteroatoms. The lowest BCUT2D eigenvalue weighted by Crippen LogP contribution is -1.82. The van der Waals surface area contributed by atoms with Crippen molar-refractivity contribution in [3.05, 3.63) is 58.6 Å². The summed E-state index contributed by atoms with van der Waals surface area (Å²) >= 11 is 7.41. The van der Waals surface area contributed by atoms with Crippen molar-refractivity contribution in [2.75, 3.05) is 0 Å². The number of rotatable bonds is 3. The lowest BCUT2D eigenvalue weighted by molar-refractivity contribution is 0.489. The Labute approximate surface area is 125 Å². The standard InChI is InChI=1S/C15H9ClN2OS/c16-12-4-5-14-13(7-12)18-15(19-14)20-9-11-3-1-2-10(6-11)8-17/h1-7H,9H2. The normalized spacial score (nSPS) is 10.6. The predicted molar refractivity (Wildman–Crippen MR) is 79.7 cm³/mol. The molecule has 20 heavy (non-hydrogen) atoms. The first-order valence-corrected chi connectivity index (χ1v) is 7.29. The van der Waals surface area contributed by atoms with E-state index in [9.17, 15) is 0 Å². The summed E-state index contributed by atoms with van der Waals surface area (Å²) in [5.74, 6) is 0.704. The van der Waals surface area contributed by atoms with Gasteiger partial charge in [0.2, 0.25) is 0 Å². The summed E-state index contributed by atoms with van der Waals surface area (Å²) in [5.41, 5.74) is 3.20. The quantitative estimate of drug-likeness (QED) is 0.661. The van der Waals surface area contributed by atoms with Gasteiger partial charge >= 0.3 is 0 Å². The Hall–Kier alpha value is -1.96. The van der Waals surface area contributed by atoms with Crippen LogP contribution in [0.4, 0.5) is 0 Å². The van der Waals surface area contributed by atoms with Crippen LogP contribution in [-0.4, -0.2) is 4.98 Å². The minimum atomic E-state index is 0.602. The van der Waals surface area contributed by atoms with Gasteiger partial charge in [-0.25, -0.2) is 4.98 Å². The minimum absolute atomic E-state index is 0.602. The van der Waals surface area contributed by atoms with Crippen LogP contribution in [-0.2, 0) is 5.75 Å². The molecule has 3 nitrogen and oxygen atoms in total.